The number of fused-ring (bicyclic) bond motifs is 2. The molecule has 29 heavy (non-hydrogen) atoms. The van der Waals surface area contributed by atoms with Gasteiger partial charge >= 0.3 is 16.5 Å². The molecule has 1 unspecified atom stereocenters. The number of aromatic amines is 1. The van der Waals surface area contributed by atoms with E-state index >= 15 is 0 Å². The number of aliphatic carboxylic acids is 1. The molecule has 4 rings (SSSR count). The molecule has 148 valence electrons. The van der Waals surface area contributed by atoms with Gasteiger partial charge in [-0.25, -0.2) is 4.79 Å². The third kappa shape index (κ3) is 3.42. The minimum Gasteiger partial charge on any atom is -0.481 e. The SMILES string of the molecule is Bc1cc(Cn2c(=O)n(CC(CC)C(=O)O)c3ccccc32)c2sc(=O)[nH]c2c1. The van der Waals surface area contributed by atoms with Crippen LogP contribution in [-0.2, 0) is 17.9 Å². The summed E-state index contributed by atoms with van der Waals surface area (Å²) in [6.45, 7) is 2.24. The molecule has 0 spiro atoms. The Balaban J connectivity index is 1.88. The van der Waals surface area contributed by atoms with Crippen molar-refractivity contribution in [2.45, 2.75) is 26.4 Å². The van der Waals surface area contributed by atoms with Crippen molar-refractivity contribution < 1.29 is 9.90 Å². The van der Waals surface area contributed by atoms with E-state index in [0.29, 0.717) is 18.5 Å². The number of carboxylic acid groups (broad SMARTS) is 1. The summed E-state index contributed by atoms with van der Waals surface area (Å²) in [5.74, 6) is -1.54. The average Bonchev–Trinajstić information content (AvgIpc) is 3.17. The molecule has 0 radical (unpaired) electrons. The maximum atomic E-state index is 13.3. The summed E-state index contributed by atoms with van der Waals surface area (Å²) in [5.41, 5.74) is 3.86. The van der Waals surface area contributed by atoms with Crippen LogP contribution in [0.15, 0.2) is 46.0 Å². The first-order valence-corrected chi connectivity index (χ1v) is 10.2. The molecular weight excluding hydrogens is 389 g/mol. The molecule has 2 heterocycles. The van der Waals surface area contributed by atoms with Crippen LogP contribution in [0.2, 0.25) is 0 Å². The van der Waals surface area contributed by atoms with E-state index in [-0.39, 0.29) is 17.1 Å². The Hall–Kier alpha value is -3.07. The Bertz CT molecular complexity index is 1350. The van der Waals surface area contributed by atoms with E-state index in [2.05, 4.69) is 4.98 Å². The van der Waals surface area contributed by atoms with Crippen molar-refractivity contribution in [1.29, 1.82) is 0 Å². The van der Waals surface area contributed by atoms with E-state index in [1.165, 1.54) is 0 Å². The first-order valence-electron chi connectivity index (χ1n) is 9.42. The summed E-state index contributed by atoms with van der Waals surface area (Å²) in [5, 5.41) is 9.44. The van der Waals surface area contributed by atoms with Crippen molar-refractivity contribution in [3.8, 4) is 0 Å². The van der Waals surface area contributed by atoms with Crippen LogP contribution in [0.25, 0.3) is 21.3 Å². The van der Waals surface area contributed by atoms with Crippen LogP contribution in [0.3, 0.4) is 0 Å². The van der Waals surface area contributed by atoms with Gasteiger partial charge in [-0.1, -0.05) is 41.9 Å². The lowest BCUT2D eigenvalue weighted by atomic mass is 9.94. The molecule has 0 aliphatic rings. The number of imidazole rings is 1. The molecule has 0 saturated carbocycles. The fourth-order valence-electron chi connectivity index (χ4n) is 3.78. The van der Waals surface area contributed by atoms with Gasteiger partial charge in [-0.3, -0.25) is 18.7 Å². The Morgan fingerprint density at radius 1 is 1.21 bits per heavy atom. The monoisotopic (exact) mass is 409 g/mol. The molecule has 1 atom stereocenters. The van der Waals surface area contributed by atoms with Gasteiger partial charge in [0.2, 0.25) is 0 Å². The summed E-state index contributed by atoms with van der Waals surface area (Å²) in [4.78, 5) is 39.3. The van der Waals surface area contributed by atoms with Gasteiger partial charge in [-0.2, -0.15) is 0 Å². The Morgan fingerprint density at radius 3 is 2.55 bits per heavy atom. The molecule has 0 amide bonds. The summed E-state index contributed by atoms with van der Waals surface area (Å²) in [6, 6.07) is 11.3. The van der Waals surface area contributed by atoms with E-state index in [4.69, 9.17) is 0 Å². The van der Waals surface area contributed by atoms with Crippen LogP contribution in [-0.4, -0.2) is 33.0 Å². The number of carbonyl (C=O) groups is 1. The second-order valence-electron chi connectivity index (χ2n) is 7.23. The fourth-order valence-corrected chi connectivity index (χ4v) is 4.60. The highest BCUT2D eigenvalue weighted by Crippen LogP contribution is 2.22. The molecule has 0 fully saturated rings. The zero-order chi connectivity index (χ0) is 20.7. The number of nitrogens with one attached hydrogen (secondary N) is 1. The molecule has 4 aromatic rings. The molecule has 2 aromatic carbocycles. The minimum atomic E-state index is -0.909. The summed E-state index contributed by atoms with van der Waals surface area (Å²) in [7, 11) is 1.95. The first kappa shape index (κ1) is 19.3. The Morgan fingerprint density at radius 2 is 1.90 bits per heavy atom. The third-order valence-corrected chi connectivity index (χ3v) is 6.21. The van der Waals surface area contributed by atoms with E-state index in [1.54, 1.807) is 16.1 Å². The van der Waals surface area contributed by atoms with Crippen LogP contribution >= 0.6 is 11.3 Å². The molecule has 0 aliphatic carbocycles. The topological polar surface area (TPSA) is 97.1 Å². The highest BCUT2D eigenvalue weighted by atomic mass is 32.1. The highest BCUT2D eigenvalue weighted by Gasteiger charge is 2.21. The highest BCUT2D eigenvalue weighted by molar-refractivity contribution is 7.16. The van der Waals surface area contributed by atoms with Gasteiger partial charge in [0.15, 0.2) is 0 Å². The van der Waals surface area contributed by atoms with Crippen LogP contribution in [0, 0.1) is 5.92 Å². The minimum absolute atomic E-state index is 0.124. The van der Waals surface area contributed by atoms with Crippen molar-refractivity contribution in [2.75, 3.05) is 0 Å². The van der Waals surface area contributed by atoms with Crippen LogP contribution < -0.4 is 16.0 Å². The zero-order valence-corrected chi connectivity index (χ0v) is 17.0. The third-order valence-electron chi connectivity index (χ3n) is 5.24. The molecule has 7 nitrogen and oxygen atoms in total. The number of hydrogen-bond donors (Lipinski definition) is 2. The molecule has 0 saturated heterocycles. The van der Waals surface area contributed by atoms with Crippen LogP contribution in [0.4, 0.5) is 0 Å². The smallest absolute Gasteiger partial charge is 0.329 e. The van der Waals surface area contributed by atoms with E-state index in [9.17, 15) is 19.5 Å². The average molecular weight is 409 g/mol. The number of para-hydroxylation sites is 2. The lowest BCUT2D eigenvalue weighted by Gasteiger charge is -2.10. The predicted molar refractivity (Wildman–Crippen MR) is 117 cm³/mol. The molecule has 9 heteroatoms. The number of rotatable bonds is 6. The number of hydrogen-bond acceptors (Lipinski definition) is 4. The zero-order valence-electron chi connectivity index (χ0n) is 16.1. The van der Waals surface area contributed by atoms with Crippen molar-refractivity contribution in [2.24, 2.45) is 5.92 Å². The van der Waals surface area contributed by atoms with Crippen molar-refractivity contribution in [3.05, 3.63) is 62.1 Å². The normalized spacial score (nSPS) is 12.6. The van der Waals surface area contributed by atoms with Gasteiger partial charge in [0, 0.05) is 6.54 Å². The Labute approximate surface area is 170 Å². The number of carboxylic acids is 1. The van der Waals surface area contributed by atoms with Gasteiger partial charge in [0.25, 0.3) is 0 Å². The summed E-state index contributed by atoms with van der Waals surface area (Å²) < 4.78 is 4.04. The van der Waals surface area contributed by atoms with Gasteiger partial charge in [0.05, 0.1) is 33.7 Å². The van der Waals surface area contributed by atoms with Crippen LogP contribution in [0.1, 0.15) is 18.9 Å². The maximum absolute atomic E-state index is 13.3. The summed E-state index contributed by atoms with van der Waals surface area (Å²) >= 11 is 1.13. The van der Waals surface area contributed by atoms with E-state index in [1.807, 2.05) is 44.2 Å². The second-order valence-corrected chi connectivity index (χ2v) is 8.21. The van der Waals surface area contributed by atoms with Crippen molar-refractivity contribution in [1.82, 2.24) is 14.1 Å². The molecule has 2 aromatic heterocycles. The van der Waals surface area contributed by atoms with Crippen LogP contribution in [0.5, 0.6) is 0 Å². The van der Waals surface area contributed by atoms with Gasteiger partial charge in [0.1, 0.15) is 7.85 Å². The van der Waals surface area contributed by atoms with E-state index < -0.39 is 11.9 Å². The fraction of sp³-hybridized carbons (Fsp3) is 0.250. The first-order chi connectivity index (χ1) is 13.9. The number of H-pyrrole nitrogens is 1. The van der Waals surface area contributed by atoms with Gasteiger partial charge in [-0.15, -0.1) is 0 Å². The molecular formula is C20H20BN3O4S. The van der Waals surface area contributed by atoms with Crippen molar-refractivity contribution in [3.63, 3.8) is 0 Å². The number of benzene rings is 2. The lowest BCUT2D eigenvalue weighted by Crippen LogP contribution is -2.29. The van der Waals surface area contributed by atoms with Gasteiger partial charge < -0.3 is 10.1 Å². The lowest BCUT2D eigenvalue weighted by molar-refractivity contribution is -0.142. The number of nitrogens with zero attached hydrogens (tertiary/aromatic N) is 2. The van der Waals surface area contributed by atoms with Gasteiger partial charge in [-0.05, 0) is 30.2 Å². The number of aromatic nitrogens is 3. The molecule has 0 aliphatic heterocycles. The molecule has 0 bridgehead atoms. The summed E-state index contributed by atoms with van der Waals surface area (Å²) in [6.07, 6.45) is 0.442. The predicted octanol–water partition coefficient (Wildman–Crippen LogP) is 1.12. The standard InChI is InChI=1S/C20H20BN3O4S/c1-2-11(18(25)26)9-23-15-5-3-4-6-16(15)24(20(23)28)10-12-7-13(21)8-14-17(12)29-19(27)22-14/h3-8,11H,2,9-10,21H2,1H3,(H,22,27)(H,25,26). The second kappa shape index (κ2) is 7.40. The van der Waals surface area contributed by atoms with E-state index in [0.717, 1.165) is 38.1 Å². The largest absolute Gasteiger partial charge is 0.481 e. The quantitative estimate of drug-likeness (QED) is 0.467. The Kier molecular flexibility index (Phi) is 4.91. The number of thiazole rings is 1. The molecule has 2 N–H and O–H groups in total. The maximum Gasteiger partial charge on any atom is 0.329 e. The van der Waals surface area contributed by atoms with Crippen molar-refractivity contribution >= 4 is 51.9 Å².